The van der Waals surface area contributed by atoms with Gasteiger partial charge in [0, 0.05) is 25.1 Å². The Morgan fingerprint density at radius 3 is 2.74 bits per heavy atom. The Labute approximate surface area is 121 Å². The number of amides is 1. The Morgan fingerprint density at radius 1 is 1.42 bits per heavy atom. The summed E-state index contributed by atoms with van der Waals surface area (Å²) in [6, 6.07) is 2.70. The first-order chi connectivity index (χ1) is 8.90. The summed E-state index contributed by atoms with van der Waals surface area (Å²) >= 11 is 3.93. The van der Waals surface area contributed by atoms with E-state index in [1.807, 2.05) is 0 Å². The van der Waals surface area contributed by atoms with Gasteiger partial charge in [-0.05, 0) is 28.1 Å². The molecule has 1 aromatic rings. The number of benzene rings is 1. The minimum Gasteiger partial charge on any atom is -0.308 e. The van der Waals surface area contributed by atoms with Crippen molar-refractivity contribution in [1.29, 1.82) is 0 Å². The van der Waals surface area contributed by atoms with Crippen molar-refractivity contribution >= 4 is 44.4 Å². The third-order valence-corrected chi connectivity index (χ3v) is 4.32. The molecule has 3 nitrogen and oxygen atoms in total. The zero-order valence-corrected chi connectivity index (χ0v) is 12.4. The molecule has 1 unspecified atom stereocenters. The molecule has 102 valence electrons. The summed E-state index contributed by atoms with van der Waals surface area (Å²) in [5, 5.41) is -0.307. The first-order valence-electron chi connectivity index (χ1n) is 5.51. The highest BCUT2D eigenvalue weighted by molar-refractivity contribution is 9.10. The largest absolute Gasteiger partial charge is 0.308 e. The maximum absolute atomic E-state index is 13.8. The van der Waals surface area contributed by atoms with Crippen molar-refractivity contribution < 1.29 is 18.4 Å². The molecule has 0 bridgehead atoms. The summed E-state index contributed by atoms with van der Waals surface area (Å²) in [5.74, 6) is -2.39. The highest BCUT2D eigenvalue weighted by Gasteiger charge is 2.34. The van der Waals surface area contributed by atoms with Crippen LogP contribution >= 0.6 is 27.7 Å². The number of halogens is 3. The lowest BCUT2D eigenvalue weighted by atomic mass is 10.2. The van der Waals surface area contributed by atoms with Crippen molar-refractivity contribution in [3.8, 4) is 0 Å². The van der Waals surface area contributed by atoms with Crippen molar-refractivity contribution in [2.75, 3.05) is 11.4 Å². The minimum absolute atomic E-state index is 0.00931. The van der Waals surface area contributed by atoms with Crippen molar-refractivity contribution in [3.05, 3.63) is 28.2 Å². The molecule has 0 aliphatic carbocycles. The summed E-state index contributed by atoms with van der Waals surface area (Å²) in [6.07, 6.45) is 0.154. The van der Waals surface area contributed by atoms with Gasteiger partial charge in [0.05, 0.1) is 10.2 Å². The number of carbonyl (C=O) groups is 2. The Bertz CT molecular complexity index is 553. The molecule has 2 rings (SSSR count). The second-order valence-electron chi connectivity index (χ2n) is 4.13. The Balaban J connectivity index is 2.26. The van der Waals surface area contributed by atoms with E-state index in [1.165, 1.54) is 24.0 Å². The fourth-order valence-electron chi connectivity index (χ4n) is 1.95. The number of anilines is 1. The lowest BCUT2D eigenvalue weighted by molar-refractivity contribution is -0.117. The van der Waals surface area contributed by atoms with Crippen LogP contribution in [-0.4, -0.2) is 22.8 Å². The summed E-state index contributed by atoms with van der Waals surface area (Å²) in [7, 11) is 0. The van der Waals surface area contributed by atoms with Gasteiger partial charge in [-0.3, -0.25) is 9.59 Å². The molecule has 1 aliphatic rings. The van der Waals surface area contributed by atoms with Crippen LogP contribution < -0.4 is 4.90 Å². The molecule has 7 heteroatoms. The van der Waals surface area contributed by atoms with Crippen LogP contribution in [0.25, 0.3) is 0 Å². The van der Waals surface area contributed by atoms with Gasteiger partial charge in [0.1, 0.15) is 0 Å². The maximum atomic E-state index is 13.8. The average molecular weight is 350 g/mol. The lowest BCUT2D eigenvalue weighted by Gasteiger charge is -2.17. The summed E-state index contributed by atoms with van der Waals surface area (Å²) in [5.41, 5.74) is -0.0858. The van der Waals surface area contributed by atoms with Gasteiger partial charge in [-0.1, -0.05) is 11.8 Å². The Kier molecular flexibility index (Phi) is 4.25. The van der Waals surface area contributed by atoms with Crippen LogP contribution in [0.5, 0.6) is 0 Å². The zero-order chi connectivity index (χ0) is 14.2. The fourth-order valence-corrected chi connectivity index (χ4v) is 3.17. The van der Waals surface area contributed by atoms with Crippen molar-refractivity contribution in [3.63, 3.8) is 0 Å². The van der Waals surface area contributed by atoms with Crippen LogP contribution in [0.4, 0.5) is 14.5 Å². The number of nitrogens with zero attached hydrogens (tertiary/aromatic N) is 1. The second kappa shape index (κ2) is 5.58. The van der Waals surface area contributed by atoms with E-state index in [9.17, 15) is 18.4 Å². The molecule has 1 amide bonds. The molecule has 1 fully saturated rings. The van der Waals surface area contributed by atoms with E-state index in [1.54, 1.807) is 0 Å². The van der Waals surface area contributed by atoms with E-state index in [-0.39, 0.29) is 39.4 Å². The number of carbonyl (C=O) groups excluding carboxylic acids is 2. The summed E-state index contributed by atoms with van der Waals surface area (Å²) < 4.78 is 27.3. The van der Waals surface area contributed by atoms with Crippen LogP contribution in [0.15, 0.2) is 16.6 Å². The molecule has 1 aromatic carbocycles. The first kappa shape index (κ1) is 14.5. The normalized spacial score (nSPS) is 19.1. The minimum atomic E-state index is -1.06. The smallest absolute Gasteiger partial charge is 0.228 e. The SMILES string of the molecule is CC(=O)SC1CC(=O)N(c2ccc(Br)c(F)c2F)C1. The van der Waals surface area contributed by atoms with Crippen LogP contribution in [0.2, 0.25) is 0 Å². The molecule has 1 aliphatic heterocycles. The van der Waals surface area contributed by atoms with Crippen LogP contribution in [0.1, 0.15) is 13.3 Å². The van der Waals surface area contributed by atoms with E-state index in [2.05, 4.69) is 15.9 Å². The molecular formula is C12H10BrF2NO2S. The van der Waals surface area contributed by atoms with E-state index < -0.39 is 11.6 Å². The zero-order valence-electron chi connectivity index (χ0n) is 9.95. The van der Waals surface area contributed by atoms with Gasteiger partial charge in [0.15, 0.2) is 16.7 Å². The van der Waals surface area contributed by atoms with E-state index >= 15 is 0 Å². The Hall–Kier alpha value is -0.950. The lowest BCUT2D eigenvalue weighted by Crippen LogP contribution is -2.26. The highest BCUT2D eigenvalue weighted by Crippen LogP contribution is 2.32. The fraction of sp³-hybridized carbons (Fsp3) is 0.333. The van der Waals surface area contributed by atoms with Gasteiger partial charge in [-0.25, -0.2) is 8.78 Å². The van der Waals surface area contributed by atoms with Gasteiger partial charge in [-0.15, -0.1) is 0 Å². The topological polar surface area (TPSA) is 37.4 Å². The number of hydrogen-bond donors (Lipinski definition) is 0. The molecule has 1 saturated heterocycles. The van der Waals surface area contributed by atoms with Gasteiger partial charge < -0.3 is 4.90 Å². The van der Waals surface area contributed by atoms with E-state index in [0.29, 0.717) is 0 Å². The molecule has 0 radical (unpaired) electrons. The third kappa shape index (κ3) is 2.97. The predicted molar refractivity (Wildman–Crippen MR) is 73.1 cm³/mol. The third-order valence-electron chi connectivity index (χ3n) is 2.73. The molecule has 1 heterocycles. The molecule has 0 N–H and O–H groups in total. The average Bonchev–Trinajstić information content (AvgIpc) is 2.66. The number of hydrogen-bond acceptors (Lipinski definition) is 3. The monoisotopic (exact) mass is 349 g/mol. The molecule has 1 atom stereocenters. The predicted octanol–water partition coefficient (Wildman–Crippen LogP) is 3.11. The van der Waals surface area contributed by atoms with E-state index in [0.717, 1.165) is 11.8 Å². The highest BCUT2D eigenvalue weighted by atomic mass is 79.9. The van der Waals surface area contributed by atoms with Gasteiger partial charge >= 0.3 is 0 Å². The van der Waals surface area contributed by atoms with Crippen LogP contribution in [0.3, 0.4) is 0 Å². The molecule has 19 heavy (non-hydrogen) atoms. The van der Waals surface area contributed by atoms with Crippen LogP contribution in [0, 0.1) is 11.6 Å². The molecule has 0 aromatic heterocycles. The molecular weight excluding hydrogens is 340 g/mol. The van der Waals surface area contributed by atoms with Gasteiger partial charge in [0.2, 0.25) is 5.91 Å². The maximum Gasteiger partial charge on any atom is 0.228 e. The summed E-state index contributed by atoms with van der Waals surface area (Å²) in [6.45, 7) is 1.62. The second-order valence-corrected chi connectivity index (χ2v) is 6.47. The van der Waals surface area contributed by atoms with Gasteiger partial charge in [0.25, 0.3) is 0 Å². The standard InChI is InChI=1S/C12H10BrF2NO2S/c1-6(17)19-7-4-10(18)16(5-7)9-3-2-8(13)11(14)12(9)15/h2-3,7H,4-5H2,1H3. The number of rotatable bonds is 2. The van der Waals surface area contributed by atoms with E-state index in [4.69, 9.17) is 0 Å². The first-order valence-corrected chi connectivity index (χ1v) is 7.18. The Morgan fingerprint density at radius 2 is 2.11 bits per heavy atom. The quantitative estimate of drug-likeness (QED) is 0.770. The van der Waals surface area contributed by atoms with Crippen LogP contribution in [-0.2, 0) is 9.59 Å². The van der Waals surface area contributed by atoms with Crippen molar-refractivity contribution in [2.45, 2.75) is 18.6 Å². The summed E-state index contributed by atoms with van der Waals surface area (Å²) in [4.78, 5) is 24.0. The number of thioether (sulfide) groups is 1. The van der Waals surface area contributed by atoms with Gasteiger partial charge in [-0.2, -0.15) is 0 Å². The molecule has 0 spiro atoms. The molecule has 0 saturated carbocycles. The van der Waals surface area contributed by atoms with Crippen molar-refractivity contribution in [2.24, 2.45) is 0 Å². The van der Waals surface area contributed by atoms with Crippen molar-refractivity contribution in [1.82, 2.24) is 0 Å².